The van der Waals surface area contributed by atoms with Crippen LogP contribution in [0.3, 0.4) is 0 Å². The van der Waals surface area contributed by atoms with Gasteiger partial charge in [0.25, 0.3) is 0 Å². The number of fused-ring (bicyclic) bond motifs is 1. The molecule has 0 atom stereocenters. The summed E-state index contributed by atoms with van der Waals surface area (Å²) >= 11 is 0. The minimum absolute atomic E-state index is 0.0136. The Bertz CT molecular complexity index is 1040. The van der Waals surface area contributed by atoms with E-state index in [1.165, 1.54) is 12.1 Å². The summed E-state index contributed by atoms with van der Waals surface area (Å²) in [6, 6.07) is 6.52. The summed E-state index contributed by atoms with van der Waals surface area (Å²) in [5, 5.41) is 2.92. The molecule has 132 valence electrons. The van der Waals surface area contributed by atoms with E-state index < -0.39 is 5.82 Å². The smallest absolute Gasteiger partial charge is 0.144 e. The maximum atomic E-state index is 13.5. The Morgan fingerprint density at radius 3 is 2.85 bits per heavy atom. The summed E-state index contributed by atoms with van der Waals surface area (Å²) in [5.41, 5.74) is 10.1. The quantitative estimate of drug-likeness (QED) is 0.564. The van der Waals surface area contributed by atoms with E-state index in [-0.39, 0.29) is 12.2 Å². The average Bonchev–Trinajstić information content (AvgIpc) is 3.04. The van der Waals surface area contributed by atoms with Gasteiger partial charge >= 0.3 is 0 Å². The number of hydrogen-bond donors (Lipinski definition) is 1. The fourth-order valence-electron chi connectivity index (χ4n) is 2.63. The predicted octanol–water partition coefficient (Wildman–Crippen LogP) is 2.97. The topological polar surface area (TPSA) is 98.0 Å². The molecule has 0 radical (unpaired) electrons. The highest BCUT2D eigenvalue weighted by Gasteiger charge is 2.12. The van der Waals surface area contributed by atoms with E-state index >= 15 is 0 Å². The van der Waals surface area contributed by atoms with Crippen LogP contribution in [0.4, 0.5) is 4.39 Å². The zero-order chi connectivity index (χ0) is 18.7. The van der Waals surface area contributed by atoms with Gasteiger partial charge in [-0.15, -0.1) is 0 Å². The number of aromatic nitrogens is 3. The van der Waals surface area contributed by atoms with Gasteiger partial charge in [-0.1, -0.05) is 5.18 Å². The molecule has 8 heteroatoms. The number of rotatable bonds is 5. The van der Waals surface area contributed by atoms with Crippen LogP contribution < -0.4 is 5.73 Å². The zero-order valence-electron chi connectivity index (χ0n) is 14.3. The number of allylic oxidation sites excluding steroid dienone is 1. The van der Waals surface area contributed by atoms with E-state index in [1.54, 1.807) is 30.8 Å². The van der Waals surface area contributed by atoms with Crippen molar-refractivity contribution in [3.8, 4) is 0 Å². The van der Waals surface area contributed by atoms with Crippen molar-refractivity contribution in [2.45, 2.75) is 13.5 Å². The van der Waals surface area contributed by atoms with Crippen molar-refractivity contribution in [2.75, 3.05) is 7.05 Å². The minimum atomic E-state index is -0.391. The van der Waals surface area contributed by atoms with E-state index in [0.717, 1.165) is 5.56 Å². The molecule has 3 rings (SSSR count). The second-order valence-corrected chi connectivity index (χ2v) is 5.66. The molecule has 0 aliphatic carbocycles. The van der Waals surface area contributed by atoms with Gasteiger partial charge in [-0.3, -0.25) is 4.99 Å². The van der Waals surface area contributed by atoms with Crippen molar-refractivity contribution in [2.24, 2.45) is 15.9 Å². The first-order valence-electron chi connectivity index (χ1n) is 7.86. The Hall–Kier alpha value is -3.42. The Kier molecular flexibility index (Phi) is 4.83. The Morgan fingerprint density at radius 1 is 1.35 bits per heavy atom. The molecule has 0 aliphatic heterocycles. The van der Waals surface area contributed by atoms with E-state index in [2.05, 4.69) is 20.1 Å². The van der Waals surface area contributed by atoms with E-state index in [1.807, 2.05) is 18.3 Å². The van der Waals surface area contributed by atoms with E-state index in [9.17, 15) is 9.30 Å². The number of pyridine rings is 2. The predicted molar refractivity (Wildman–Crippen MR) is 99.0 cm³/mol. The molecule has 26 heavy (non-hydrogen) atoms. The lowest BCUT2D eigenvalue weighted by atomic mass is 10.0. The normalized spacial score (nSPS) is 12.6. The van der Waals surface area contributed by atoms with Gasteiger partial charge in [-0.2, -0.15) is 4.91 Å². The molecular weight excluding hydrogens is 335 g/mol. The largest absolute Gasteiger partial charge is 0.396 e. The third kappa shape index (κ3) is 3.21. The molecule has 0 aromatic carbocycles. The molecule has 0 amide bonds. The third-order valence-corrected chi connectivity index (χ3v) is 3.97. The van der Waals surface area contributed by atoms with Crippen LogP contribution in [0.5, 0.6) is 0 Å². The van der Waals surface area contributed by atoms with Crippen LogP contribution in [0.2, 0.25) is 0 Å². The highest BCUT2D eigenvalue weighted by atomic mass is 19.1. The van der Waals surface area contributed by atoms with Crippen LogP contribution >= 0.6 is 0 Å². The number of halogens is 1. The molecule has 2 N–H and O–H groups in total. The highest BCUT2D eigenvalue weighted by molar-refractivity contribution is 6.18. The van der Waals surface area contributed by atoms with Gasteiger partial charge in [0.15, 0.2) is 0 Å². The van der Waals surface area contributed by atoms with Gasteiger partial charge < -0.3 is 10.1 Å². The van der Waals surface area contributed by atoms with Crippen molar-refractivity contribution in [1.29, 1.82) is 0 Å². The number of hydrogen-bond acceptors (Lipinski definition) is 6. The number of nitroso groups, excluding NO2 is 1. The highest BCUT2D eigenvalue weighted by Crippen LogP contribution is 2.22. The maximum absolute atomic E-state index is 13.5. The summed E-state index contributed by atoms with van der Waals surface area (Å²) in [6.45, 7) is 1.59. The van der Waals surface area contributed by atoms with E-state index in [0.29, 0.717) is 28.3 Å². The second-order valence-electron chi connectivity index (χ2n) is 5.66. The van der Waals surface area contributed by atoms with Crippen molar-refractivity contribution in [3.05, 3.63) is 70.0 Å². The van der Waals surface area contributed by atoms with Crippen molar-refractivity contribution >= 4 is 23.1 Å². The summed E-state index contributed by atoms with van der Waals surface area (Å²) in [4.78, 5) is 23.1. The van der Waals surface area contributed by atoms with Gasteiger partial charge in [0, 0.05) is 30.6 Å². The lowest BCUT2D eigenvalue weighted by molar-refractivity contribution is 0.609. The lowest BCUT2D eigenvalue weighted by Crippen LogP contribution is -2.07. The number of aliphatic imine (C=N–C) groups is 1. The minimum Gasteiger partial charge on any atom is -0.396 e. The van der Waals surface area contributed by atoms with Gasteiger partial charge in [0.05, 0.1) is 29.0 Å². The molecule has 7 nitrogen and oxygen atoms in total. The van der Waals surface area contributed by atoms with Crippen LogP contribution in [0.25, 0.3) is 16.9 Å². The Morgan fingerprint density at radius 2 is 2.15 bits per heavy atom. The van der Waals surface area contributed by atoms with Crippen LogP contribution in [0.1, 0.15) is 22.6 Å². The molecule has 0 fully saturated rings. The fourth-order valence-corrected chi connectivity index (χ4v) is 2.63. The molecule has 3 heterocycles. The van der Waals surface area contributed by atoms with Crippen LogP contribution in [0.15, 0.2) is 46.8 Å². The number of nitrogens with zero attached hydrogens (tertiary/aromatic N) is 5. The SMILES string of the molecule is CN=CC(=C(N)c1ccc(F)c(C)n1)c1ccc2ncc(CN=O)n2c1. The zero-order valence-corrected chi connectivity index (χ0v) is 14.3. The molecule has 0 spiro atoms. The van der Waals surface area contributed by atoms with Gasteiger partial charge in [0.1, 0.15) is 18.0 Å². The third-order valence-electron chi connectivity index (χ3n) is 3.97. The molecule has 0 bridgehead atoms. The first-order chi connectivity index (χ1) is 12.5. The average molecular weight is 352 g/mol. The number of aryl methyl sites for hydroxylation is 1. The summed E-state index contributed by atoms with van der Waals surface area (Å²) in [7, 11) is 1.63. The number of nitrogens with two attached hydrogens (primary N) is 1. The Balaban J connectivity index is 2.17. The van der Waals surface area contributed by atoms with Gasteiger partial charge in [-0.05, 0) is 31.2 Å². The molecule has 0 unspecified atom stereocenters. The van der Waals surface area contributed by atoms with Crippen LogP contribution in [-0.4, -0.2) is 27.6 Å². The molecule has 0 saturated carbocycles. The lowest BCUT2D eigenvalue weighted by Gasteiger charge is -2.10. The van der Waals surface area contributed by atoms with Gasteiger partial charge in [-0.25, -0.2) is 14.4 Å². The van der Waals surface area contributed by atoms with Crippen molar-refractivity contribution in [1.82, 2.24) is 14.4 Å². The van der Waals surface area contributed by atoms with E-state index in [4.69, 9.17) is 5.73 Å². The van der Waals surface area contributed by atoms with Crippen LogP contribution in [-0.2, 0) is 6.54 Å². The number of imidazole rings is 1. The van der Waals surface area contributed by atoms with Crippen LogP contribution in [0, 0.1) is 17.6 Å². The van der Waals surface area contributed by atoms with Crippen molar-refractivity contribution < 1.29 is 4.39 Å². The first-order valence-corrected chi connectivity index (χ1v) is 7.86. The molecule has 0 saturated heterocycles. The summed E-state index contributed by atoms with van der Waals surface area (Å²) in [6.07, 6.45) is 5.03. The summed E-state index contributed by atoms with van der Waals surface area (Å²) < 4.78 is 15.3. The molecular formula is C18H17FN6O. The molecule has 3 aromatic rings. The second kappa shape index (κ2) is 7.22. The molecule has 3 aromatic heterocycles. The Labute approximate surface area is 149 Å². The molecule has 0 aliphatic rings. The monoisotopic (exact) mass is 352 g/mol. The standard InChI is InChI=1S/C18H17FN6O/c1-11-15(19)4-5-16(24-11)18(20)14(9-21-2)12-3-6-17-22-7-13(8-23-26)25(17)10-12/h3-7,9-10H,8,20H2,1-2H3. The maximum Gasteiger partial charge on any atom is 0.144 e. The summed E-state index contributed by atoms with van der Waals surface area (Å²) in [5.74, 6) is -0.391. The van der Waals surface area contributed by atoms with Crippen molar-refractivity contribution in [3.63, 3.8) is 0 Å². The first kappa shape index (κ1) is 17.4. The fraction of sp³-hybridized carbons (Fsp3) is 0.167. The van der Waals surface area contributed by atoms with Gasteiger partial charge in [0.2, 0.25) is 0 Å².